The van der Waals surface area contributed by atoms with Crippen LogP contribution in [0.25, 0.3) is 0 Å². The summed E-state index contributed by atoms with van der Waals surface area (Å²) in [6.45, 7) is 1.82. The monoisotopic (exact) mass is 383 g/mol. The van der Waals surface area contributed by atoms with Crippen molar-refractivity contribution in [1.29, 1.82) is 5.26 Å². The lowest BCUT2D eigenvalue weighted by Crippen LogP contribution is -2.49. The van der Waals surface area contributed by atoms with Gasteiger partial charge in [-0.25, -0.2) is 0 Å². The van der Waals surface area contributed by atoms with Crippen LogP contribution in [-0.2, 0) is 6.42 Å². The number of hydrogen-bond acceptors (Lipinski definition) is 5. The van der Waals surface area contributed by atoms with Crippen LogP contribution in [0.3, 0.4) is 0 Å². The van der Waals surface area contributed by atoms with Crippen LogP contribution in [0, 0.1) is 11.3 Å². The molecule has 0 radical (unpaired) electrons. The third-order valence-corrected chi connectivity index (χ3v) is 5.78. The number of nitrogens with two attached hydrogens (primary N) is 1. The molecule has 5 nitrogen and oxygen atoms in total. The first-order chi connectivity index (χ1) is 13.0. The molecule has 2 aromatic rings. The van der Waals surface area contributed by atoms with Crippen molar-refractivity contribution in [3.05, 3.63) is 58.1 Å². The number of likely N-dealkylation sites (tertiary alicyclic amines) is 1. The fourth-order valence-electron chi connectivity index (χ4n) is 4.18. The predicted octanol–water partition coefficient (Wildman–Crippen LogP) is 3.39. The molecule has 0 spiro atoms. The second kappa shape index (κ2) is 7.40. The molecule has 3 N–H and O–H groups in total. The molecule has 4 rings (SSSR count). The molecule has 6 heteroatoms. The highest BCUT2D eigenvalue weighted by atomic mass is 35.5. The smallest absolute Gasteiger partial charge is 0.140 e. The van der Waals surface area contributed by atoms with Crippen molar-refractivity contribution < 1.29 is 9.84 Å². The zero-order valence-corrected chi connectivity index (χ0v) is 15.7. The van der Waals surface area contributed by atoms with Gasteiger partial charge in [0, 0.05) is 18.2 Å². The Morgan fingerprint density at radius 1 is 1.26 bits per heavy atom. The van der Waals surface area contributed by atoms with Gasteiger partial charge >= 0.3 is 0 Å². The number of piperidine rings is 1. The number of rotatable bonds is 3. The van der Waals surface area contributed by atoms with E-state index in [2.05, 4.69) is 11.0 Å². The average molecular weight is 384 g/mol. The number of hydrogen-bond donors (Lipinski definition) is 2. The van der Waals surface area contributed by atoms with Crippen LogP contribution in [0.4, 0.5) is 0 Å². The maximum atomic E-state index is 9.99. The average Bonchev–Trinajstić information content (AvgIpc) is 3.01. The van der Waals surface area contributed by atoms with Crippen molar-refractivity contribution in [2.75, 3.05) is 13.1 Å². The van der Waals surface area contributed by atoms with Crippen molar-refractivity contribution in [2.24, 2.45) is 5.73 Å². The maximum absolute atomic E-state index is 9.99. The minimum Gasteiger partial charge on any atom is -0.508 e. The Bertz CT molecular complexity index is 895. The van der Waals surface area contributed by atoms with Gasteiger partial charge in [0.1, 0.15) is 17.6 Å². The third kappa shape index (κ3) is 3.61. The Labute approximate surface area is 163 Å². The molecule has 1 saturated heterocycles. The van der Waals surface area contributed by atoms with E-state index in [-0.39, 0.29) is 23.9 Å². The summed E-state index contributed by atoms with van der Waals surface area (Å²) in [6, 6.07) is 12.9. The molecule has 0 aromatic heterocycles. The van der Waals surface area contributed by atoms with Gasteiger partial charge in [0.05, 0.1) is 22.7 Å². The molecule has 140 valence electrons. The fraction of sp³-hybridized carbons (Fsp3) is 0.381. The van der Waals surface area contributed by atoms with Gasteiger partial charge in [0.25, 0.3) is 0 Å². The first-order valence-corrected chi connectivity index (χ1v) is 9.60. The minimum atomic E-state index is -0.247. The standard InChI is InChI=1S/C21H22ClN3O2/c22-18-8-13(11-23)3-6-20(18)27-21-17-10-16(26)5-4-14(17)9-19(21)25-7-1-2-15(24)12-25/h3-6,8,10,15,19,21,26H,1-2,7,9,12,24H2. The van der Waals surface area contributed by atoms with Crippen molar-refractivity contribution in [1.82, 2.24) is 4.90 Å². The number of fused-ring (bicyclic) bond motifs is 1. The Balaban J connectivity index is 1.67. The Kier molecular flexibility index (Phi) is 4.96. The number of benzene rings is 2. The van der Waals surface area contributed by atoms with E-state index in [1.165, 1.54) is 5.56 Å². The van der Waals surface area contributed by atoms with Crippen molar-refractivity contribution >= 4 is 11.6 Å². The molecule has 1 fully saturated rings. The Morgan fingerprint density at radius 3 is 2.85 bits per heavy atom. The zero-order valence-electron chi connectivity index (χ0n) is 14.9. The molecule has 1 aliphatic carbocycles. The number of phenols is 1. The zero-order chi connectivity index (χ0) is 19.0. The molecular weight excluding hydrogens is 362 g/mol. The third-order valence-electron chi connectivity index (χ3n) is 5.49. The number of nitrogens with zero attached hydrogens (tertiary/aromatic N) is 2. The van der Waals surface area contributed by atoms with Gasteiger partial charge in [0.2, 0.25) is 0 Å². The lowest BCUT2D eigenvalue weighted by Gasteiger charge is -2.38. The second-order valence-corrected chi connectivity index (χ2v) is 7.75. The van der Waals surface area contributed by atoms with Crippen LogP contribution >= 0.6 is 11.6 Å². The lowest BCUT2D eigenvalue weighted by molar-refractivity contribution is 0.0593. The molecule has 27 heavy (non-hydrogen) atoms. The number of ether oxygens (including phenoxy) is 1. The van der Waals surface area contributed by atoms with E-state index < -0.39 is 0 Å². The summed E-state index contributed by atoms with van der Waals surface area (Å²) in [5.74, 6) is 0.771. The maximum Gasteiger partial charge on any atom is 0.140 e. The largest absolute Gasteiger partial charge is 0.508 e. The lowest BCUT2D eigenvalue weighted by atomic mass is 10.0. The van der Waals surface area contributed by atoms with Crippen LogP contribution in [0.5, 0.6) is 11.5 Å². The van der Waals surface area contributed by atoms with Gasteiger partial charge in [-0.2, -0.15) is 5.26 Å². The van der Waals surface area contributed by atoms with E-state index in [0.29, 0.717) is 16.3 Å². The normalized spacial score (nSPS) is 25.0. The van der Waals surface area contributed by atoms with Gasteiger partial charge in [-0.15, -0.1) is 0 Å². The van der Waals surface area contributed by atoms with E-state index in [1.807, 2.05) is 6.07 Å². The van der Waals surface area contributed by atoms with E-state index in [1.54, 1.807) is 30.3 Å². The predicted molar refractivity (Wildman–Crippen MR) is 104 cm³/mol. The molecule has 3 unspecified atom stereocenters. The van der Waals surface area contributed by atoms with Gasteiger partial charge in [-0.05, 0) is 61.7 Å². The molecule has 1 aliphatic heterocycles. The van der Waals surface area contributed by atoms with Gasteiger partial charge < -0.3 is 15.6 Å². The first kappa shape index (κ1) is 18.1. The van der Waals surface area contributed by atoms with Crippen molar-refractivity contribution in [3.63, 3.8) is 0 Å². The fourth-order valence-corrected chi connectivity index (χ4v) is 4.40. The summed E-state index contributed by atoms with van der Waals surface area (Å²) < 4.78 is 6.35. The highest BCUT2D eigenvalue weighted by molar-refractivity contribution is 6.32. The highest BCUT2D eigenvalue weighted by Crippen LogP contribution is 2.41. The van der Waals surface area contributed by atoms with E-state index in [9.17, 15) is 5.11 Å². The van der Waals surface area contributed by atoms with E-state index in [4.69, 9.17) is 27.3 Å². The summed E-state index contributed by atoms with van der Waals surface area (Å²) in [7, 11) is 0. The van der Waals surface area contributed by atoms with E-state index in [0.717, 1.165) is 37.9 Å². The molecule has 0 amide bonds. The number of halogens is 1. The van der Waals surface area contributed by atoms with Crippen LogP contribution < -0.4 is 10.5 Å². The summed E-state index contributed by atoms with van der Waals surface area (Å²) in [5.41, 5.74) is 8.86. The van der Waals surface area contributed by atoms with Gasteiger partial charge in [-0.1, -0.05) is 17.7 Å². The Hall–Kier alpha value is -2.26. The van der Waals surface area contributed by atoms with Gasteiger partial charge in [-0.3, -0.25) is 4.90 Å². The molecule has 0 saturated carbocycles. The summed E-state index contributed by atoms with van der Waals surface area (Å²) >= 11 is 6.34. The second-order valence-electron chi connectivity index (χ2n) is 7.35. The van der Waals surface area contributed by atoms with E-state index >= 15 is 0 Å². The summed E-state index contributed by atoms with van der Waals surface area (Å²) in [4.78, 5) is 2.40. The number of phenolic OH excluding ortho intramolecular Hbond substituents is 1. The number of aromatic hydroxyl groups is 1. The SMILES string of the molecule is N#Cc1ccc(OC2c3cc(O)ccc3CC2N2CCCC(N)C2)c(Cl)c1. The van der Waals surface area contributed by atoms with Crippen LogP contribution in [0.15, 0.2) is 36.4 Å². The molecule has 1 heterocycles. The molecule has 2 aliphatic rings. The topological polar surface area (TPSA) is 82.5 Å². The molecule has 2 aromatic carbocycles. The number of nitriles is 1. The highest BCUT2D eigenvalue weighted by Gasteiger charge is 2.39. The van der Waals surface area contributed by atoms with Crippen molar-refractivity contribution in [3.8, 4) is 17.6 Å². The summed E-state index contributed by atoms with van der Waals surface area (Å²) in [6.07, 6.45) is 2.72. The van der Waals surface area contributed by atoms with Crippen LogP contribution in [0.2, 0.25) is 5.02 Å². The van der Waals surface area contributed by atoms with Crippen LogP contribution in [-0.4, -0.2) is 35.2 Å². The Morgan fingerprint density at radius 2 is 2.11 bits per heavy atom. The molecular formula is C21H22ClN3O2. The first-order valence-electron chi connectivity index (χ1n) is 9.23. The summed E-state index contributed by atoms with van der Waals surface area (Å²) in [5, 5.41) is 19.4. The van der Waals surface area contributed by atoms with Gasteiger partial charge in [0.15, 0.2) is 0 Å². The molecule has 3 atom stereocenters. The van der Waals surface area contributed by atoms with Crippen LogP contribution in [0.1, 0.15) is 35.6 Å². The minimum absolute atomic E-state index is 0.139. The molecule has 0 bridgehead atoms. The van der Waals surface area contributed by atoms with Crippen molar-refractivity contribution in [2.45, 2.75) is 37.5 Å². The quantitative estimate of drug-likeness (QED) is 0.848.